The molecule has 0 heterocycles. The van der Waals surface area contributed by atoms with Crippen molar-refractivity contribution in [3.05, 3.63) is 64.7 Å². The fraction of sp³-hybridized carbons (Fsp3) is 0.375. The Bertz CT molecular complexity index is 923. The van der Waals surface area contributed by atoms with Crippen LogP contribution in [0.2, 0.25) is 0 Å². The number of nitrogens with one attached hydrogen (secondary N) is 3. The largest absolute Gasteiger partial charge is 0.508 e. The Morgan fingerprint density at radius 2 is 1.78 bits per heavy atom. The summed E-state index contributed by atoms with van der Waals surface area (Å²) in [4.78, 5) is 25.7. The molecule has 1 amide bonds. The molecule has 0 radical (unpaired) electrons. The van der Waals surface area contributed by atoms with Gasteiger partial charge in [-0.1, -0.05) is 37.3 Å². The molecule has 0 aliphatic heterocycles. The van der Waals surface area contributed by atoms with Crippen molar-refractivity contribution < 1.29 is 19.4 Å². The Hall–Kier alpha value is -3.55. The zero-order valence-electron chi connectivity index (χ0n) is 18.8. The van der Waals surface area contributed by atoms with Gasteiger partial charge in [0.1, 0.15) is 18.4 Å². The Kier molecular flexibility index (Phi) is 9.07. The smallest absolute Gasteiger partial charge is 0.329 e. The first kappa shape index (κ1) is 24.7. The summed E-state index contributed by atoms with van der Waals surface area (Å²) in [5, 5.41) is 22.5. The van der Waals surface area contributed by atoms with Crippen LogP contribution >= 0.6 is 0 Å². The number of phenolic OH excluding ortho intramolecular Hbond substituents is 1. The number of esters is 1. The lowest BCUT2D eigenvalue weighted by Crippen LogP contribution is -2.46. The first-order valence-corrected chi connectivity index (χ1v) is 10.5. The third-order valence-electron chi connectivity index (χ3n) is 5.25. The van der Waals surface area contributed by atoms with Gasteiger partial charge >= 0.3 is 5.97 Å². The number of phenols is 1. The Morgan fingerprint density at radius 3 is 2.38 bits per heavy atom. The zero-order chi connectivity index (χ0) is 23.7. The second kappa shape index (κ2) is 11.7. The molecule has 0 aliphatic rings. The number of guanidine groups is 1. The van der Waals surface area contributed by atoms with Crippen LogP contribution in [0, 0.1) is 25.2 Å². The number of aryl methyl sites for hydroxylation is 2. The van der Waals surface area contributed by atoms with Gasteiger partial charge in [0.2, 0.25) is 5.91 Å². The van der Waals surface area contributed by atoms with E-state index in [0.29, 0.717) is 13.0 Å². The highest BCUT2D eigenvalue weighted by atomic mass is 16.5. The molecule has 32 heavy (non-hydrogen) atoms. The van der Waals surface area contributed by atoms with Gasteiger partial charge in [0, 0.05) is 18.9 Å². The third kappa shape index (κ3) is 7.61. The monoisotopic (exact) mass is 440 g/mol. The van der Waals surface area contributed by atoms with Crippen LogP contribution in [0.15, 0.2) is 42.5 Å². The van der Waals surface area contributed by atoms with Crippen molar-refractivity contribution in [1.82, 2.24) is 10.6 Å². The fourth-order valence-corrected chi connectivity index (χ4v) is 3.39. The summed E-state index contributed by atoms with van der Waals surface area (Å²) in [6.07, 6.45) is 0.699. The molecule has 6 N–H and O–H groups in total. The molecule has 8 heteroatoms. The highest BCUT2D eigenvalue weighted by Gasteiger charge is 2.26. The van der Waals surface area contributed by atoms with Gasteiger partial charge in [-0.15, -0.1) is 0 Å². The number of nitrogens with two attached hydrogens (primary N) is 1. The number of hydrogen-bond donors (Lipinski definition) is 5. The second-order valence-corrected chi connectivity index (χ2v) is 7.95. The van der Waals surface area contributed by atoms with Gasteiger partial charge in [0.05, 0.1) is 0 Å². The van der Waals surface area contributed by atoms with E-state index < -0.39 is 17.9 Å². The maximum absolute atomic E-state index is 12.9. The minimum absolute atomic E-state index is 0.109. The molecule has 0 saturated carbocycles. The number of carbonyl (C=O) groups is 2. The molecule has 0 aliphatic carbocycles. The van der Waals surface area contributed by atoms with E-state index in [-0.39, 0.29) is 30.6 Å². The molecule has 0 saturated heterocycles. The molecule has 8 nitrogen and oxygen atoms in total. The number of hydrogen-bond acceptors (Lipinski definition) is 5. The summed E-state index contributed by atoms with van der Waals surface area (Å²) in [5.74, 6) is -1.21. The van der Waals surface area contributed by atoms with E-state index in [2.05, 4.69) is 10.6 Å². The van der Waals surface area contributed by atoms with Crippen LogP contribution in [-0.4, -0.2) is 35.5 Å². The van der Waals surface area contributed by atoms with Crippen LogP contribution in [0.1, 0.15) is 35.6 Å². The van der Waals surface area contributed by atoms with Gasteiger partial charge in [-0.2, -0.15) is 0 Å². The molecule has 0 fully saturated rings. The quantitative estimate of drug-likeness (QED) is 0.218. The normalized spacial score (nSPS) is 12.5. The SMILES string of the molecule is Cc1cc(O)cc(C)c1C[C@H](NC(=O)[C@H](C)CCNC(=N)N)C(=O)OCc1ccccc1. The average molecular weight is 441 g/mol. The summed E-state index contributed by atoms with van der Waals surface area (Å²) >= 11 is 0. The second-order valence-electron chi connectivity index (χ2n) is 7.95. The van der Waals surface area contributed by atoms with Crippen molar-refractivity contribution in [1.29, 1.82) is 5.41 Å². The number of aromatic hydroxyl groups is 1. The molecule has 2 atom stereocenters. The van der Waals surface area contributed by atoms with Crippen LogP contribution in [0.25, 0.3) is 0 Å². The summed E-state index contributed by atoms with van der Waals surface area (Å²) in [6, 6.07) is 11.7. The van der Waals surface area contributed by atoms with Crippen LogP contribution in [0.4, 0.5) is 0 Å². The van der Waals surface area contributed by atoms with Gasteiger partial charge in [-0.25, -0.2) is 4.79 Å². The van der Waals surface area contributed by atoms with Gasteiger partial charge in [-0.3, -0.25) is 10.2 Å². The zero-order valence-corrected chi connectivity index (χ0v) is 18.8. The lowest BCUT2D eigenvalue weighted by molar-refractivity contribution is -0.149. The van der Waals surface area contributed by atoms with Crippen molar-refractivity contribution in [2.24, 2.45) is 11.7 Å². The van der Waals surface area contributed by atoms with Crippen molar-refractivity contribution in [3.8, 4) is 5.75 Å². The number of carbonyl (C=O) groups excluding carboxylic acids is 2. The average Bonchev–Trinajstić information content (AvgIpc) is 2.73. The first-order chi connectivity index (χ1) is 15.2. The van der Waals surface area contributed by atoms with E-state index in [4.69, 9.17) is 15.9 Å². The molecule has 0 spiro atoms. The maximum atomic E-state index is 12.9. The summed E-state index contributed by atoms with van der Waals surface area (Å²) < 4.78 is 5.50. The van der Waals surface area contributed by atoms with Gasteiger partial charge in [-0.05, 0) is 54.7 Å². The van der Waals surface area contributed by atoms with E-state index in [1.54, 1.807) is 19.1 Å². The highest BCUT2D eigenvalue weighted by Crippen LogP contribution is 2.22. The number of ether oxygens (including phenoxy) is 1. The molecular formula is C24H32N4O4. The van der Waals surface area contributed by atoms with Crippen molar-refractivity contribution in [2.45, 2.75) is 46.3 Å². The van der Waals surface area contributed by atoms with Gasteiger partial charge in [0.15, 0.2) is 5.96 Å². The van der Waals surface area contributed by atoms with E-state index >= 15 is 0 Å². The van der Waals surface area contributed by atoms with E-state index in [1.807, 2.05) is 44.2 Å². The molecule has 0 aromatic heterocycles. The third-order valence-corrected chi connectivity index (χ3v) is 5.25. The number of benzene rings is 2. The van der Waals surface area contributed by atoms with Crippen molar-refractivity contribution >= 4 is 17.8 Å². The minimum Gasteiger partial charge on any atom is -0.508 e. The van der Waals surface area contributed by atoms with Gasteiger partial charge < -0.3 is 26.2 Å². The summed E-state index contributed by atoms with van der Waals surface area (Å²) in [6.45, 7) is 5.94. The Balaban J connectivity index is 2.13. The molecule has 2 aromatic rings. The van der Waals surface area contributed by atoms with Crippen LogP contribution in [-0.2, 0) is 27.4 Å². The fourth-order valence-electron chi connectivity index (χ4n) is 3.39. The lowest BCUT2D eigenvalue weighted by atomic mass is 9.95. The highest BCUT2D eigenvalue weighted by molar-refractivity contribution is 5.86. The molecule has 172 valence electrons. The predicted octanol–water partition coefficient (Wildman–Crippen LogP) is 2.29. The number of rotatable bonds is 10. The maximum Gasteiger partial charge on any atom is 0.329 e. The summed E-state index contributed by atoms with van der Waals surface area (Å²) in [7, 11) is 0. The Morgan fingerprint density at radius 1 is 1.16 bits per heavy atom. The molecule has 2 aromatic carbocycles. The molecule has 2 rings (SSSR count). The summed E-state index contributed by atoms with van der Waals surface area (Å²) in [5.41, 5.74) is 8.66. The molecule has 0 unspecified atom stereocenters. The van der Waals surface area contributed by atoms with Crippen molar-refractivity contribution in [3.63, 3.8) is 0 Å². The van der Waals surface area contributed by atoms with E-state index in [1.165, 1.54) is 0 Å². The van der Waals surface area contributed by atoms with Crippen LogP contribution in [0.3, 0.4) is 0 Å². The number of amides is 1. The van der Waals surface area contributed by atoms with Crippen molar-refractivity contribution in [2.75, 3.05) is 6.54 Å². The van der Waals surface area contributed by atoms with Crippen LogP contribution < -0.4 is 16.4 Å². The molecular weight excluding hydrogens is 408 g/mol. The lowest BCUT2D eigenvalue weighted by Gasteiger charge is -2.22. The predicted molar refractivity (Wildman–Crippen MR) is 123 cm³/mol. The molecule has 0 bridgehead atoms. The Labute approximate surface area is 188 Å². The topological polar surface area (TPSA) is 138 Å². The minimum atomic E-state index is -0.878. The van der Waals surface area contributed by atoms with E-state index in [0.717, 1.165) is 22.3 Å². The standard InChI is InChI=1S/C24H32N4O4/c1-15(9-10-27-24(25)26)22(30)28-21(13-20-16(2)11-19(29)12-17(20)3)23(31)32-14-18-7-5-4-6-8-18/h4-8,11-12,15,21,29H,9-10,13-14H2,1-3H3,(H,28,30)(H4,25,26,27)/t15-,21+/m1/s1. The van der Waals surface area contributed by atoms with Gasteiger partial charge in [0.25, 0.3) is 0 Å². The first-order valence-electron chi connectivity index (χ1n) is 10.5. The van der Waals surface area contributed by atoms with E-state index in [9.17, 15) is 14.7 Å². The van der Waals surface area contributed by atoms with Crippen LogP contribution in [0.5, 0.6) is 5.75 Å².